The van der Waals surface area contributed by atoms with E-state index in [4.69, 9.17) is 4.74 Å². The van der Waals surface area contributed by atoms with Crippen LogP contribution in [-0.4, -0.2) is 55.2 Å². The van der Waals surface area contributed by atoms with Crippen LogP contribution in [0, 0.1) is 5.92 Å². The van der Waals surface area contributed by atoms with Crippen molar-refractivity contribution in [3.8, 4) is 5.75 Å². The van der Waals surface area contributed by atoms with Crippen LogP contribution >= 0.6 is 0 Å². The molecule has 8 heteroatoms. The van der Waals surface area contributed by atoms with Gasteiger partial charge in [-0.1, -0.05) is 19.4 Å². The average molecular weight is 473 g/mol. The molecule has 0 unspecified atom stereocenters. The van der Waals surface area contributed by atoms with Crippen LogP contribution in [-0.2, 0) is 29.4 Å². The molecular weight excluding hydrogens is 436 g/mol. The molecule has 0 N–H and O–H groups in total. The van der Waals surface area contributed by atoms with Gasteiger partial charge in [0.25, 0.3) is 0 Å². The molecule has 7 nitrogen and oxygen atoms in total. The van der Waals surface area contributed by atoms with Crippen LogP contribution in [0.15, 0.2) is 30.6 Å². The van der Waals surface area contributed by atoms with Crippen LogP contribution in [0.1, 0.15) is 55.7 Å². The molecule has 0 atom stereocenters. The van der Waals surface area contributed by atoms with Gasteiger partial charge in [-0.15, -0.1) is 0 Å². The number of rotatable bonds is 9. The summed E-state index contributed by atoms with van der Waals surface area (Å²) in [7, 11) is -3.14. The Kier molecular flexibility index (Phi) is 7.86. The van der Waals surface area contributed by atoms with Gasteiger partial charge in [0.2, 0.25) is 16.0 Å². The van der Waals surface area contributed by atoms with Gasteiger partial charge in [-0.2, -0.15) is 4.31 Å². The third-order valence-corrected chi connectivity index (χ3v) is 8.03. The Bertz CT molecular complexity index is 1020. The Morgan fingerprint density at radius 1 is 1.09 bits per heavy atom. The predicted octanol–water partition coefficient (Wildman–Crippen LogP) is 3.82. The minimum Gasteiger partial charge on any atom is -0.494 e. The maximum Gasteiger partial charge on any atom is 0.225 e. The molecule has 4 rings (SSSR count). The Labute approximate surface area is 198 Å². The largest absolute Gasteiger partial charge is 0.494 e. The maximum absolute atomic E-state index is 11.8. The minimum absolute atomic E-state index is 0.459. The molecule has 1 aromatic heterocycles. The van der Waals surface area contributed by atoms with E-state index in [-0.39, 0.29) is 0 Å². The van der Waals surface area contributed by atoms with Gasteiger partial charge in [0.1, 0.15) is 5.75 Å². The zero-order valence-corrected chi connectivity index (χ0v) is 20.7. The Morgan fingerprint density at radius 3 is 2.55 bits per heavy atom. The number of hydrogen-bond acceptors (Lipinski definition) is 6. The highest BCUT2D eigenvalue weighted by molar-refractivity contribution is 7.88. The average Bonchev–Trinajstić information content (AvgIpc) is 2.82. The summed E-state index contributed by atoms with van der Waals surface area (Å²) in [4.78, 5) is 11.4. The first-order chi connectivity index (χ1) is 15.9. The summed E-state index contributed by atoms with van der Waals surface area (Å²) >= 11 is 0. The second-order valence-electron chi connectivity index (χ2n) is 9.34. The Balaban J connectivity index is 1.17. The molecule has 2 aromatic rings. The van der Waals surface area contributed by atoms with Gasteiger partial charge in [-0.05, 0) is 73.3 Å². The second-order valence-corrected chi connectivity index (χ2v) is 11.3. The predicted molar refractivity (Wildman–Crippen MR) is 131 cm³/mol. The first kappa shape index (κ1) is 24.0. The molecule has 0 spiro atoms. The van der Waals surface area contributed by atoms with Gasteiger partial charge >= 0.3 is 0 Å². The monoisotopic (exact) mass is 472 g/mol. The quantitative estimate of drug-likeness (QED) is 0.517. The molecule has 0 radical (unpaired) electrons. The first-order valence-electron chi connectivity index (χ1n) is 12.2. The van der Waals surface area contributed by atoms with Crippen molar-refractivity contribution in [2.75, 3.05) is 37.4 Å². The van der Waals surface area contributed by atoms with E-state index in [9.17, 15) is 8.42 Å². The molecule has 1 aromatic carbocycles. The third-order valence-electron chi connectivity index (χ3n) is 6.78. The minimum atomic E-state index is -3.14. The number of ether oxygens (including phenoxy) is 1. The zero-order valence-electron chi connectivity index (χ0n) is 19.9. The van der Waals surface area contributed by atoms with Gasteiger partial charge in [0, 0.05) is 38.6 Å². The maximum atomic E-state index is 11.8. The van der Waals surface area contributed by atoms with Crippen molar-refractivity contribution >= 4 is 16.0 Å². The molecule has 3 heterocycles. The molecule has 0 saturated carbocycles. The van der Waals surface area contributed by atoms with Crippen molar-refractivity contribution in [2.24, 2.45) is 5.92 Å². The van der Waals surface area contributed by atoms with Crippen molar-refractivity contribution in [1.29, 1.82) is 0 Å². The highest BCUT2D eigenvalue weighted by Crippen LogP contribution is 2.27. The topological polar surface area (TPSA) is 75.6 Å². The number of benzene rings is 1. The van der Waals surface area contributed by atoms with Crippen molar-refractivity contribution in [1.82, 2.24) is 14.3 Å². The number of nitrogens with zero attached hydrogens (tertiary/aromatic N) is 4. The standard InChI is InChI=1S/C25H36N4O3S/c1-3-5-21-17-26-25(27-18-21)28-12-9-20(10-13-28)6-4-15-32-24-8-7-23-19-29(33(2,30)31)14-11-22(23)16-24/h7-8,16-18,20H,3-6,9-15,19H2,1-2H3. The first-order valence-corrected chi connectivity index (χ1v) is 14.0. The molecule has 180 valence electrons. The molecule has 1 saturated heterocycles. The molecule has 1 fully saturated rings. The third kappa shape index (κ3) is 6.44. The smallest absolute Gasteiger partial charge is 0.225 e. The van der Waals surface area contributed by atoms with E-state index in [2.05, 4.69) is 27.9 Å². The fourth-order valence-corrected chi connectivity index (χ4v) is 5.59. The summed E-state index contributed by atoms with van der Waals surface area (Å²) in [6.07, 6.45) is 12.7. The molecular formula is C25H36N4O3S. The number of aryl methyl sites for hydroxylation is 1. The zero-order chi connectivity index (χ0) is 23.3. The van der Waals surface area contributed by atoms with E-state index in [1.807, 2.05) is 24.5 Å². The Hall–Kier alpha value is -2.19. The number of fused-ring (bicyclic) bond motifs is 1. The number of sulfonamides is 1. The van der Waals surface area contributed by atoms with E-state index in [0.717, 1.165) is 68.6 Å². The van der Waals surface area contributed by atoms with Crippen molar-refractivity contribution in [3.05, 3.63) is 47.3 Å². The summed E-state index contributed by atoms with van der Waals surface area (Å²) in [5, 5.41) is 0. The lowest BCUT2D eigenvalue weighted by molar-refractivity contribution is 0.278. The van der Waals surface area contributed by atoms with Crippen LogP contribution in [0.2, 0.25) is 0 Å². The molecule has 0 aliphatic carbocycles. The van der Waals surface area contributed by atoms with Gasteiger partial charge in [-0.25, -0.2) is 18.4 Å². The fraction of sp³-hybridized carbons (Fsp3) is 0.600. The van der Waals surface area contributed by atoms with Crippen molar-refractivity contribution in [2.45, 2.75) is 58.4 Å². The van der Waals surface area contributed by atoms with Crippen LogP contribution in [0.25, 0.3) is 0 Å². The lowest BCUT2D eigenvalue weighted by atomic mass is 9.92. The molecule has 0 amide bonds. The Morgan fingerprint density at radius 2 is 1.85 bits per heavy atom. The van der Waals surface area contributed by atoms with Crippen LogP contribution < -0.4 is 9.64 Å². The number of aromatic nitrogens is 2. The molecule has 2 aliphatic heterocycles. The summed E-state index contributed by atoms with van der Waals surface area (Å²) in [6, 6.07) is 6.06. The fourth-order valence-electron chi connectivity index (χ4n) is 4.79. The molecule has 0 bridgehead atoms. The van der Waals surface area contributed by atoms with Gasteiger partial charge in [-0.3, -0.25) is 0 Å². The van der Waals surface area contributed by atoms with Gasteiger partial charge in [0.15, 0.2) is 0 Å². The normalized spacial score (nSPS) is 17.7. The van der Waals surface area contributed by atoms with Gasteiger partial charge in [0.05, 0.1) is 12.9 Å². The summed E-state index contributed by atoms with van der Waals surface area (Å²) in [5.41, 5.74) is 3.49. The summed E-state index contributed by atoms with van der Waals surface area (Å²) in [5.74, 6) is 2.48. The number of hydrogen-bond donors (Lipinski definition) is 0. The molecule has 2 aliphatic rings. The van der Waals surface area contributed by atoms with Gasteiger partial charge < -0.3 is 9.64 Å². The van der Waals surface area contributed by atoms with E-state index in [0.29, 0.717) is 13.1 Å². The van der Waals surface area contributed by atoms with Crippen molar-refractivity contribution < 1.29 is 13.2 Å². The van der Waals surface area contributed by atoms with E-state index in [1.54, 1.807) is 0 Å². The SMILES string of the molecule is CCCc1cnc(N2CCC(CCCOc3ccc4c(c3)CCN(S(C)(=O)=O)C4)CC2)nc1. The second kappa shape index (κ2) is 10.8. The van der Waals surface area contributed by atoms with Crippen LogP contribution in [0.3, 0.4) is 0 Å². The van der Waals surface area contributed by atoms with E-state index >= 15 is 0 Å². The lowest BCUT2D eigenvalue weighted by Gasteiger charge is -2.32. The van der Waals surface area contributed by atoms with E-state index < -0.39 is 10.0 Å². The molecule has 33 heavy (non-hydrogen) atoms. The number of piperidine rings is 1. The van der Waals surface area contributed by atoms with Crippen molar-refractivity contribution in [3.63, 3.8) is 0 Å². The number of anilines is 1. The lowest BCUT2D eigenvalue weighted by Crippen LogP contribution is -2.35. The van der Waals surface area contributed by atoms with Crippen LogP contribution in [0.4, 0.5) is 5.95 Å². The highest BCUT2D eigenvalue weighted by atomic mass is 32.2. The highest BCUT2D eigenvalue weighted by Gasteiger charge is 2.23. The van der Waals surface area contributed by atoms with Crippen LogP contribution in [0.5, 0.6) is 5.75 Å². The summed E-state index contributed by atoms with van der Waals surface area (Å²) < 4.78 is 31.1. The summed E-state index contributed by atoms with van der Waals surface area (Å²) in [6.45, 7) is 5.94. The van der Waals surface area contributed by atoms with E-state index in [1.165, 1.54) is 41.0 Å².